The van der Waals surface area contributed by atoms with Crippen molar-refractivity contribution in [2.75, 3.05) is 33.4 Å². The Hall–Kier alpha value is -2.24. The van der Waals surface area contributed by atoms with E-state index >= 15 is 0 Å². The van der Waals surface area contributed by atoms with Crippen molar-refractivity contribution in [3.8, 4) is 11.5 Å². The van der Waals surface area contributed by atoms with E-state index in [0.29, 0.717) is 18.1 Å². The second-order valence-corrected chi connectivity index (χ2v) is 5.81. The quantitative estimate of drug-likeness (QED) is 0.538. The summed E-state index contributed by atoms with van der Waals surface area (Å²) < 4.78 is 15.9. The fourth-order valence-electron chi connectivity index (χ4n) is 2.68. The molecule has 0 N–H and O–H groups in total. The number of carbonyl (C=O) groups excluding carboxylic acids is 2. The number of likely N-dealkylation sites (tertiary alicyclic amines) is 1. The summed E-state index contributed by atoms with van der Waals surface area (Å²) >= 11 is 0. The van der Waals surface area contributed by atoms with Crippen molar-refractivity contribution in [1.29, 1.82) is 0 Å². The van der Waals surface area contributed by atoms with E-state index in [9.17, 15) is 9.59 Å². The van der Waals surface area contributed by atoms with E-state index in [1.54, 1.807) is 7.11 Å². The Morgan fingerprint density at radius 3 is 2.58 bits per heavy atom. The highest BCUT2D eigenvalue weighted by Gasteiger charge is 2.18. The van der Waals surface area contributed by atoms with E-state index in [-0.39, 0.29) is 18.5 Å². The molecule has 1 aliphatic heterocycles. The predicted molar refractivity (Wildman–Crippen MR) is 89.3 cm³/mol. The number of benzene rings is 1. The summed E-state index contributed by atoms with van der Waals surface area (Å²) in [6.07, 6.45) is 3.65. The number of carbonyl (C=O) groups is 2. The van der Waals surface area contributed by atoms with Crippen LogP contribution in [0.2, 0.25) is 0 Å². The van der Waals surface area contributed by atoms with E-state index in [1.807, 2.05) is 23.1 Å². The number of amides is 1. The average molecular weight is 335 g/mol. The van der Waals surface area contributed by atoms with Crippen LogP contribution >= 0.6 is 0 Å². The number of ether oxygens (including phenoxy) is 3. The first-order valence-electron chi connectivity index (χ1n) is 8.31. The Labute approximate surface area is 142 Å². The molecule has 1 aromatic carbocycles. The molecule has 6 heteroatoms. The van der Waals surface area contributed by atoms with E-state index in [4.69, 9.17) is 14.2 Å². The molecule has 1 saturated heterocycles. The largest absolute Gasteiger partial charge is 0.493 e. The molecule has 6 nitrogen and oxygen atoms in total. The van der Waals surface area contributed by atoms with Gasteiger partial charge in [-0.3, -0.25) is 9.59 Å². The first-order chi connectivity index (χ1) is 11.6. The van der Waals surface area contributed by atoms with Crippen molar-refractivity contribution >= 4 is 11.9 Å². The Kier molecular flexibility index (Phi) is 6.90. The number of hydrogen-bond acceptors (Lipinski definition) is 5. The number of hydrogen-bond donors (Lipinski definition) is 0. The minimum Gasteiger partial charge on any atom is -0.493 e. The standard InChI is InChI=1S/C18H25NO5/c1-14(20)23-11-5-6-15-7-8-16(17(12-15)22-2)24-13-18(21)19-9-3-4-10-19/h7-8,12H,3-6,9-11,13H2,1-2H3. The van der Waals surface area contributed by atoms with Crippen molar-refractivity contribution in [1.82, 2.24) is 4.90 Å². The molecular formula is C18H25NO5. The lowest BCUT2D eigenvalue weighted by molar-refractivity contribution is -0.141. The zero-order chi connectivity index (χ0) is 17.4. The van der Waals surface area contributed by atoms with Gasteiger partial charge in [0.2, 0.25) is 0 Å². The lowest BCUT2D eigenvalue weighted by Gasteiger charge is -2.17. The fourth-order valence-corrected chi connectivity index (χ4v) is 2.68. The number of nitrogens with zero attached hydrogens (tertiary/aromatic N) is 1. The van der Waals surface area contributed by atoms with Gasteiger partial charge in [0.05, 0.1) is 13.7 Å². The van der Waals surface area contributed by atoms with Gasteiger partial charge in [-0.1, -0.05) is 6.07 Å². The summed E-state index contributed by atoms with van der Waals surface area (Å²) in [7, 11) is 1.58. The van der Waals surface area contributed by atoms with Crippen LogP contribution in [0.15, 0.2) is 18.2 Å². The highest BCUT2D eigenvalue weighted by molar-refractivity contribution is 5.78. The molecule has 1 aromatic rings. The van der Waals surface area contributed by atoms with Crippen LogP contribution in [0, 0.1) is 0 Å². The zero-order valence-electron chi connectivity index (χ0n) is 14.4. The van der Waals surface area contributed by atoms with Crippen LogP contribution in [0.4, 0.5) is 0 Å². The minimum atomic E-state index is -0.265. The van der Waals surface area contributed by atoms with Gasteiger partial charge in [0.15, 0.2) is 18.1 Å². The zero-order valence-corrected chi connectivity index (χ0v) is 14.4. The molecule has 0 aromatic heterocycles. The van der Waals surface area contributed by atoms with Crippen molar-refractivity contribution in [3.05, 3.63) is 23.8 Å². The molecule has 0 unspecified atom stereocenters. The SMILES string of the molecule is COc1cc(CCCOC(C)=O)ccc1OCC(=O)N1CCCC1. The first kappa shape index (κ1) is 18.1. The van der Waals surface area contributed by atoms with E-state index in [1.165, 1.54) is 6.92 Å². The molecule has 0 radical (unpaired) electrons. The van der Waals surface area contributed by atoms with Crippen LogP contribution in [0.5, 0.6) is 11.5 Å². The van der Waals surface area contributed by atoms with Crippen LogP contribution in [0.25, 0.3) is 0 Å². The Morgan fingerprint density at radius 2 is 1.92 bits per heavy atom. The van der Waals surface area contributed by atoms with Crippen LogP contribution < -0.4 is 9.47 Å². The number of methoxy groups -OCH3 is 1. The molecule has 0 atom stereocenters. The van der Waals surface area contributed by atoms with Crippen molar-refractivity contribution in [2.24, 2.45) is 0 Å². The Balaban J connectivity index is 1.86. The molecule has 132 valence electrons. The Morgan fingerprint density at radius 1 is 1.17 bits per heavy atom. The fraction of sp³-hybridized carbons (Fsp3) is 0.556. The topological polar surface area (TPSA) is 65.1 Å². The lowest BCUT2D eigenvalue weighted by atomic mass is 10.1. The van der Waals surface area contributed by atoms with Gasteiger partial charge in [0.1, 0.15) is 0 Å². The van der Waals surface area contributed by atoms with Gasteiger partial charge in [0, 0.05) is 20.0 Å². The highest BCUT2D eigenvalue weighted by Crippen LogP contribution is 2.28. The summed E-state index contributed by atoms with van der Waals surface area (Å²) in [6.45, 7) is 3.47. The molecule has 1 amide bonds. The molecule has 0 spiro atoms. The van der Waals surface area contributed by atoms with Crippen LogP contribution in [-0.4, -0.2) is 50.2 Å². The molecule has 0 aliphatic carbocycles. The molecule has 24 heavy (non-hydrogen) atoms. The van der Waals surface area contributed by atoms with Crippen molar-refractivity contribution in [2.45, 2.75) is 32.6 Å². The monoisotopic (exact) mass is 335 g/mol. The summed E-state index contributed by atoms with van der Waals surface area (Å²) in [5.74, 6) is 0.919. The van der Waals surface area contributed by atoms with Gasteiger partial charge >= 0.3 is 5.97 Å². The number of rotatable bonds is 8. The summed E-state index contributed by atoms with van der Waals surface area (Å²) in [5, 5.41) is 0. The minimum absolute atomic E-state index is 0.0139. The maximum Gasteiger partial charge on any atom is 0.302 e. The van der Waals surface area contributed by atoms with E-state index in [0.717, 1.165) is 44.3 Å². The summed E-state index contributed by atoms with van der Waals surface area (Å²) in [4.78, 5) is 24.6. The maximum atomic E-state index is 12.0. The second-order valence-electron chi connectivity index (χ2n) is 5.81. The van der Waals surface area contributed by atoms with Crippen LogP contribution in [0.1, 0.15) is 31.7 Å². The molecule has 2 rings (SSSR count). The molecule has 1 heterocycles. The summed E-state index contributed by atoms with van der Waals surface area (Å²) in [5.41, 5.74) is 1.07. The third kappa shape index (κ3) is 5.44. The van der Waals surface area contributed by atoms with Crippen molar-refractivity contribution in [3.63, 3.8) is 0 Å². The van der Waals surface area contributed by atoms with Gasteiger partial charge < -0.3 is 19.1 Å². The summed E-state index contributed by atoms with van der Waals surface area (Å²) in [6, 6.07) is 5.65. The van der Waals surface area contributed by atoms with Gasteiger partial charge in [-0.15, -0.1) is 0 Å². The molecule has 0 saturated carbocycles. The normalized spacial score (nSPS) is 13.7. The van der Waals surface area contributed by atoms with Crippen LogP contribution in [0.3, 0.4) is 0 Å². The maximum absolute atomic E-state index is 12.0. The average Bonchev–Trinajstić information content (AvgIpc) is 3.11. The molecular weight excluding hydrogens is 310 g/mol. The van der Waals surface area contributed by atoms with Gasteiger partial charge in [-0.25, -0.2) is 0 Å². The molecule has 0 bridgehead atoms. The molecule has 1 fully saturated rings. The number of aryl methyl sites for hydroxylation is 1. The third-order valence-electron chi connectivity index (χ3n) is 3.95. The highest BCUT2D eigenvalue weighted by atomic mass is 16.5. The van der Waals surface area contributed by atoms with Crippen molar-refractivity contribution < 1.29 is 23.8 Å². The second kappa shape index (κ2) is 9.15. The van der Waals surface area contributed by atoms with Gasteiger partial charge in [0.25, 0.3) is 5.91 Å². The van der Waals surface area contributed by atoms with Gasteiger partial charge in [-0.05, 0) is 43.4 Å². The van der Waals surface area contributed by atoms with Crippen LogP contribution in [-0.2, 0) is 20.7 Å². The first-order valence-corrected chi connectivity index (χ1v) is 8.31. The lowest BCUT2D eigenvalue weighted by Crippen LogP contribution is -2.32. The Bertz CT molecular complexity index is 567. The van der Waals surface area contributed by atoms with E-state index in [2.05, 4.69) is 0 Å². The third-order valence-corrected chi connectivity index (χ3v) is 3.95. The molecule has 1 aliphatic rings. The van der Waals surface area contributed by atoms with Gasteiger partial charge in [-0.2, -0.15) is 0 Å². The number of esters is 1. The predicted octanol–water partition coefficient (Wildman–Crippen LogP) is 2.19. The van der Waals surface area contributed by atoms with E-state index < -0.39 is 0 Å². The smallest absolute Gasteiger partial charge is 0.302 e.